The van der Waals surface area contributed by atoms with Crippen LogP contribution in [0.1, 0.15) is 11.3 Å². The third-order valence-corrected chi connectivity index (χ3v) is 2.88. The van der Waals surface area contributed by atoms with Gasteiger partial charge >= 0.3 is 0 Å². The summed E-state index contributed by atoms with van der Waals surface area (Å²) < 4.78 is 0. The van der Waals surface area contributed by atoms with Crippen LogP contribution in [0.5, 0.6) is 0 Å². The van der Waals surface area contributed by atoms with Crippen LogP contribution >= 0.6 is 11.3 Å². The van der Waals surface area contributed by atoms with Crippen LogP contribution in [0.2, 0.25) is 0 Å². The van der Waals surface area contributed by atoms with Crippen molar-refractivity contribution in [2.45, 2.75) is 6.61 Å². The van der Waals surface area contributed by atoms with Gasteiger partial charge in [-0.15, -0.1) is 11.3 Å². The number of benzene rings is 1. The van der Waals surface area contributed by atoms with Crippen LogP contribution < -0.4 is 11.5 Å². The van der Waals surface area contributed by atoms with Crippen molar-refractivity contribution >= 4 is 28.1 Å². The molecule has 0 aliphatic heterocycles. The molecule has 0 spiro atoms. The Balaban J connectivity index is 2.08. The fraction of sp³-hybridized carbons (Fsp3) is 0.0833. The second kappa shape index (κ2) is 5.96. The van der Waals surface area contributed by atoms with E-state index in [0.29, 0.717) is 5.13 Å². The molecule has 7 heteroatoms. The summed E-state index contributed by atoms with van der Waals surface area (Å²) in [5, 5.41) is 5.54. The summed E-state index contributed by atoms with van der Waals surface area (Å²) in [6.07, 6.45) is 0. The molecule has 2 rings (SSSR count). The Labute approximate surface area is 113 Å². The number of thiazole rings is 1. The molecule has 1 radical (unpaired) electrons. The molecule has 0 atom stereocenters. The molecule has 1 aromatic carbocycles. The second-order valence-corrected chi connectivity index (χ2v) is 4.49. The van der Waals surface area contributed by atoms with Crippen molar-refractivity contribution in [3.05, 3.63) is 47.0 Å². The van der Waals surface area contributed by atoms with E-state index >= 15 is 0 Å². The lowest BCUT2D eigenvalue weighted by molar-refractivity contribution is -0.112. The van der Waals surface area contributed by atoms with Gasteiger partial charge in [0, 0.05) is 5.38 Å². The quantitative estimate of drug-likeness (QED) is 0.659. The number of nitrogens with zero attached hydrogens (tertiary/aromatic N) is 2. The zero-order valence-corrected chi connectivity index (χ0v) is 10.7. The van der Waals surface area contributed by atoms with Crippen molar-refractivity contribution in [1.29, 1.82) is 0 Å². The maximum Gasteiger partial charge on any atom is 0.294 e. The summed E-state index contributed by atoms with van der Waals surface area (Å²) in [4.78, 5) is 20.2. The predicted octanol–water partition coefficient (Wildman–Crippen LogP) is 1.46. The molecule has 1 amide bonds. The number of nitrogens with one attached hydrogen (secondary N) is 1. The van der Waals surface area contributed by atoms with E-state index in [0.717, 1.165) is 5.56 Å². The molecule has 0 fully saturated rings. The Morgan fingerprint density at radius 1 is 1.42 bits per heavy atom. The topological polar surface area (TPSA) is 101 Å². The monoisotopic (exact) mass is 275 g/mol. The molecule has 0 saturated carbocycles. The number of oxime groups is 1. The van der Waals surface area contributed by atoms with Gasteiger partial charge in [0.25, 0.3) is 5.91 Å². The van der Waals surface area contributed by atoms with Gasteiger partial charge in [0.2, 0.25) is 0 Å². The molecule has 2 aromatic rings. The van der Waals surface area contributed by atoms with E-state index in [1.165, 1.54) is 11.3 Å². The van der Waals surface area contributed by atoms with Crippen molar-refractivity contribution in [3.63, 3.8) is 0 Å². The Hall–Kier alpha value is -2.41. The number of rotatable bonds is 5. The molecule has 6 nitrogen and oxygen atoms in total. The zero-order chi connectivity index (χ0) is 13.7. The molecule has 1 heterocycles. The van der Waals surface area contributed by atoms with Gasteiger partial charge in [0.15, 0.2) is 10.8 Å². The van der Waals surface area contributed by atoms with Crippen molar-refractivity contribution < 1.29 is 9.63 Å². The van der Waals surface area contributed by atoms with E-state index in [9.17, 15) is 4.79 Å². The third kappa shape index (κ3) is 3.52. The van der Waals surface area contributed by atoms with Crippen LogP contribution in [0.3, 0.4) is 0 Å². The first kappa shape index (κ1) is 13.0. The minimum absolute atomic E-state index is 0.149. The first-order valence-corrected chi connectivity index (χ1v) is 6.26. The van der Waals surface area contributed by atoms with E-state index in [4.69, 9.17) is 16.3 Å². The van der Waals surface area contributed by atoms with Crippen LogP contribution in [0.25, 0.3) is 0 Å². The summed E-state index contributed by atoms with van der Waals surface area (Å²) in [6, 6.07) is 9.39. The average molecular weight is 275 g/mol. The first-order valence-electron chi connectivity index (χ1n) is 5.38. The molecular weight excluding hydrogens is 264 g/mol. The maximum atomic E-state index is 11.2. The summed E-state index contributed by atoms with van der Waals surface area (Å²) >= 11 is 1.17. The SMILES string of the molecule is [NH]C(=O)/C(=N/OCc1ccccc1)c1csc(N)n1. The first-order chi connectivity index (χ1) is 9.16. The van der Waals surface area contributed by atoms with Gasteiger partial charge in [-0.2, -0.15) is 0 Å². The zero-order valence-electron chi connectivity index (χ0n) is 9.87. The highest BCUT2D eigenvalue weighted by Gasteiger charge is 2.15. The molecule has 0 bridgehead atoms. The fourth-order valence-corrected chi connectivity index (χ4v) is 1.89. The van der Waals surface area contributed by atoms with Crippen LogP contribution in [0, 0.1) is 0 Å². The molecule has 0 unspecified atom stereocenters. The number of amides is 1. The Morgan fingerprint density at radius 3 is 2.74 bits per heavy atom. The Kier molecular flexibility index (Phi) is 4.09. The van der Waals surface area contributed by atoms with E-state index in [2.05, 4.69) is 10.1 Å². The molecule has 97 valence electrons. The predicted molar refractivity (Wildman–Crippen MR) is 72.4 cm³/mol. The standard InChI is InChI=1S/C12H11N4O2S/c13-11(17)10(9-7-19-12(14)15-9)16-18-6-8-4-2-1-3-5-8/h1-5,7,13H,6H2,(H2,14,15)/b16-10+. The number of hydrogen-bond acceptors (Lipinski definition) is 6. The molecule has 0 aliphatic carbocycles. The lowest BCUT2D eigenvalue weighted by Gasteiger charge is -2.01. The number of carbonyl (C=O) groups excluding carboxylic acids is 1. The second-order valence-electron chi connectivity index (χ2n) is 3.60. The van der Waals surface area contributed by atoms with Crippen LogP contribution in [0.4, 0.5) is 5.13 Å². The van der Waals surface area contributed by atoms with Gasteiger partial charge < -0.3 is 10.6 Å². The van der Waals surface area contributed by atoms with Crippen LogP contribution in [-0.4, -0.2) is 16.6 Å². The molecule has 0 aliphatic rings. The molecule has 19 heavy (non-hydrogen) atoms. The minimum atomic E-state index is -0.960. The van der Waals surface area contributed by atoms with Crippen molar-refractivity contribution in [2.75, 3.05) is 5.73 Å². The van der Waals surface area contributed by atoms with E-state index in [-0.39, 0.29) is 18.0 Å². The maximum absolute atomic E-state index is 11.2. The van der Waals surface area contributed by atoms with Crippen LogP contribution in [-0.2, 0) is 16.2 Å². The van der Waals surface area contributed by atoms with Gasteiger partial charge in [-0.3, -0.25) is 10.5 Å². The highest BCUT2D eigenvalue weighted by Crippen LogP contribution is 2.12. The lowest BCUT2D eigenvalue weighted by atomic mass is 10.2. The van der Waals surface area contributed by atoms with Crippen molar-refractivity contribution in [3.8, 4) is 0 Å². The summed E-state index contributed by atoms with van der Waals surface area (Å²) in [5.41, 5.74) is 13.6. The number of nitrogen functional groups attached to an aromatic ring is 1. The number of carbonyl (C=O) groups is 1. The van der Waals surface area contributed by atoms with Crippen molar-refractivity contribution in [1.82, 2.24) is 10.7 Å². The van der Waals surface area contributed by atoms with Gasteiger partial charge in [-0.25, -0.2) is 4.98 Å². The summed E-state index contributed by atoms with van der Waals surface area (Å²) in [7, 11) is 0. The van der Waals surface area contributed by atoms with E-state index in [1.54, 1.807) is 5.38 Å². The highest BCUT2D eigenvalue weighted by molar-refractivity contribution is 7.13. The molecule has 0 saturated heterocycles. The van der Waals surface area contributed by atoms with Gasteiger partial charge in [-0.1, -0.05) is 35.5 Å². The largest absolute Gasteiger partial charge is 0.390 e. The van der Waals surface area contributed by atoms with Gasteiger partial charge in [0.05, 0.1) is 0 Å². The minimum Gasteiger partial charge on any atom is -0.390 e. The van der Waals surface area contributed by atoms with Gasteiger partial charge in [0.1, 0.15) is 12.3 Å². The molecular formula is C12H11N4O2S. The molecule has 1 aromatic heterocycles. The summed E-state index contributed by atoms with van der Waals surface area (Å²) in [6.45, 7) is 0.219. The van der Waals surface area contributed by atoms with Crippen molar-refractivity contribution in [2.24, 2.45) is 5.16 Å². The Bertz CT molecular complexity index is 595. The molecule has 3 N–H and O–H groups in total. The fourth-order valence-electron chi connectivity index (χ4n) is 1.35. The van der Waals surface area contributed by atoms with Gasteiger partial charge in [-0.05, 0) is 5.56 Å². The third-order valence-electron chi connectivity index (χ3n) is 2.21. The normalized spacial score (nSPS) is 11.3. The summed E-state index contributed by atoms with van der Waals surface area (Å²) in [5.74, 6) is -0.960. The smallest absolute Gasteiger partial charge is 0.294 e. The number of anilines is 1. The Morgan fingerprint density at radius 2 is 2.16 bits per heavy atom. The van der Waals surface area contributed by atoms with E-state index < -0.39 is 5.91 Å². The average Bonchev–Trinajstić information content (AvgIpc) is 2.82. The van der Waals surface area contributed by atoms with Crippen LogP contribution in [0.15, 0.2) is 40.9 Å². The highest BCUT2D eigenvalue weighted by atomic mass is 32.1. The number of aromatic nitrogens is 1. The number of hydrogen-bond donors (Lipinski definition) is 1. The van der Waals surface area contributed by atoms with E-state index in [1.807, 2.05) is 30.3 Å². The lowest BCUT2D eigenvalue weighted by Crippen LogP contribution is -2.17. The number of nitrogens with two attached hydrogens (primary N) is 1.